The van der Waals surface area contributed by atoms with E-state index in [1.165, 1.54) is 5.56 Å². The highest BCUT2D eigenvalue weighted by molar-refractivity contribution is 6.30. The lowest BCUT2D eigenvalue weighted by atomic mass is 10.1. The lowest BCUT2D eigenvalue weighted by Crippen LogP contribution is -2.27. The first-order chi connectivity index (χ1) is 11.2. The Labute approximate surface area is 141 Å². The molecule has 0 spiro atoms. The second-order valence-electron chi connectivity index (χ2n) is 5.58. The fraction of sp³-hybridized carbons (Fsp3) is 0.412. The van der Waals surface area contributed by atoms with Gasteiger partial charge in [0.1, 0.15) is 11.6 Å². The molecule has 3 rings (SSSR count). The van der Waals surface area contributed by atoms with Gasteiger partial charge in [-0.15, -0.1) is 0 Å². The van der Waals surface area contributed by atoms with Crippen molar-refractivity contribution in [2.75, 3.05) is 25.0 Å². The summed E-state index contributed by atoms with van der Waals surface area (Å²) in [6.45, 7) is 5.66. The van der Waals surface area contributed by atoms with E-state index in [9.17, 15) is 0 Å². The molecule has 1 aromatic carbocycles. The highest BCUT2D eigenvalue weighted by atomic mass is 35.5. The Morgan fingerprint density at radius 1 is 1.26 bits per heavy atom. The molecule has 0 saturated heterocycles. The summed E-state index contributed by atoms with van der Waals surface area (Å²) < 4.78 is 5.69. The van der Waals surface area contributed by atoms with Gasteiger partial charge in [0, 0.05) is 23.7 Å². The molecular weight excluding hydrogens is 312 g/mol. The van der Waals surface area contributed by atoms with Crippen LogP contribution in [0.1, 0.15) is 22.6 Å². The van der Waals surface area contributed by atoms with Gasteiger partial charge in [0.25, 0.3) is 0 Å². The highest BCUT2D eigenvalue weighted by Crippen LogP contribution is 2.19. The number of fused-ring (bicyclic) bond motifs is 1. The molecule has 0 atom stereocenters. The van der Waals surface area contributed by atoms with Crippen molar-refractivity contribution < 1.29 is 4.74 Å². The van der Waals surface area contributed by atoms with Crippen LogP contribution < -0.4 is 10.6 Å². The number of anilines is 1. The molecule has 1 aromatic heterocycles. The van der Waals surface area contributed by atoms with Crippen LogP contribution in [0, 0.1) is 6.92 Å². The standard InChI is InChI=1S/C17H21ClN4O/c1-12-21-16-10-19-7-6-15(16)17(22-12)20-8-9-23-11-13-2-4-14(18)5-3-13/h2-5,19H,6-11H2,1H3,(H,20,21,22). The van der Waals surface area contributed by atoms with Crippen LogP contribution in [0.2, 0.25) is 5.02 Å². The SMILES string of the molecule is Cc1nc2c(c(NCCOCc3ccc(Cl)cc3)n1)CCNC2. The third kappa shape index (κ3) is 4.41. The zero-order chi connectivity index (χ0) is 16.1. The van der Waals surface area contributed by atoms with E-state index in [1.54, 1.807) is 0 Å². The number of halogens is 1. The molecule has 2 heterocycles. The van der Waals surface area contributed by atoms with Crippen molar-refractivity contribution in [2.24, 2.45) is 0 Å². The van der Waals surface area contributed by atoms with Crippen LogP contribution in [0.15, 0.2) is 24.3 Å². The molecule has 5 nitrogen and oxygen atoms in total. The second-order valence-corrected chi connectivity index (χ2v) is 6.01. The molecule has 122 valence electrons. The molecular formula is C17H21ClN4O. The van der Waals surface area contributed by atoms with E-state index in [4.69, 9.17) is 16.3 Å². The summed E-state index contributed by atoms with van der Waals surface area (Å²) in [5.74, 6) is 1.75. The number of rotatable bonds is 6. The van der Waals surface area contributed by atoms with Crippen molar-refractivity contribution in [3.63, 3.8) is 0 Å². The molecule has 23 heavy (non-hydrogen) atoms. The quantitative estimate of drug-likeness (QED) is 0.796. The highest BCUT2D eigenvalue weighted by Gasteiger charge is 2.15. The summed E-state index contributed by atoms with van der Waals surface area (Å²) in [4.78, 5) is 9.04. The Kier molecular flexibility index (Phi) is 5.43. The molecule has 0 fully saturated rings. The van der Waals surface area contributed by atoms with E-state index in [0.29, 0.717) is 13.2 Å². The Hall–Kier alpha value is -1.69. The molecule has 2 N–H and O–H groups in total. The van der Waals surface area contributed by atoms with Gasteiger partial charge < -0.3 is 15.4 Å². The molecule has 1 aliphatic heterocycles. The lowest BCUT2D eigenvalue weighted by molar-refractivity contribution is 0.130. The van der Waals surface area contributed by atoms with E-state index in [0.717, 1.165) is 54.0 Å². The molecule has 0 saturated carbocycles. The van der Waals surface area contributed by atoms with Gasteiger partial charge in [-0.3, -0.25) is 0 Å². The van der Waals surface area contributed by atoms with Crippen LogP contribution in [0.3, 0.4) is 0 Å². The predicted octanol–water partition coefficient (Wildman–Crippen LogP) is 2.71. The summed E-state index contributed by atoms with van der Waals surface area (Å²) in [6.07, 6.45) is 0.962. The number of aromatic nitrogens is 2. The molecule has 0 bridgehead atoms. The normalized spacial score (nSPS) is 13.7. The van der Waals surface area contributed by atoms with Crippen molar-refractivity contribution in [2.45, 2.75) is 26.5 Å². The Morgan fingerprint density at radius 3 is 2.91 bits per heavy atom. The van der Waals surface area contributed by atoms with Gasteiger partial charge in [-0.05, 0) is 37.6 Å². The van der Waals surface area contributed by atoms with Gasteiger partial charge >= 0.3 is 0 Å². The number of ether oxygens (including phenoxy) is 1. The van der Waals surface area contributed by atoms with Crippen molar-refractivity contribution in [1.29, 1.82) is 0 Å². The minimum atomic E-state index is 0.587. The maximum Gasteiger partial charge on any atom is 0.133 e. The Balaban J connectivity index is 1.49. The summed E-state index contributed by atoms with van der Waals surface area (Å²) >= 11 is 5.87. The first kappa shape index (κ1) is 16.2. The van der Waals surface area contributed by atoms with E-state index < -0.39 is 0 Å². The van der Waals surface area contributed by atoms with Crippen molar-refractivity contribution >= 4 is 17.4 Å². The van der Waals surface area contributed by atoms with Crippen LogP contribution in [-0.2, 0) is 24.3 Å². The van der Waals surface area contributed by atoms with Crippen LogP contribution in [-0.4, -0.2) is 29.7 Å². The monoisotopic (exact) mass is 332 g/mol. The average Bonchev–Trinajstić information content (AvgIpc) is 2.56. The Bertz CT molecular complexity index is 660. The Morgan fingerprint density at radius 2 is 2.09 bits per heavy atom. The fourth-order valence-electron chi connectivity index (χ4n) is 2.64. The van der Waals surface area contributed by atoms with Crippen molar-refractivity contribution in [3.05, 3.63) is 51.9 Å². The minimum Gasteiger partial charge on any atom is -0.375 e. The van der Waals surface area contributed by atoms with E-state index in [2.05, 4.69) is 20.6 Å². The smallest absolute Gasteiger partial charge is 0.133 e. The molecule has 0 radical (unpaired) electrons. The zero-order valence-electron chi connectivity index (χ0n) is 13.2. The van der Waals surface area contributed by atoms with Crippen LogP contribution in [0.4, 0.5) is 5.82 Å². The predicted molar refractivity (Wildman–Crippen MR) is 91.8 cm³/mol. The number of aryl methyl sites for hydroxylation is 1. The van der Waals surface area contributed by atoms with Gasteiger partial charge in [-0.25, -0.2) is 9.97 Å². The summed E-state index contributed by atoms with van der Waals surface area (Å²) in [5, 5.41) is 7.47. The van der Waals surface area contributed by atoms with Crippen molar-refractivity contribution in [1.82, 2.24) is 15.3 Å². The lowest BCUT2D eigenvalue weighted by Gasteiger charge is -2.20. The number of hydrogen-bond donors (Lipinski definition) is 2. The van der Waals surface area contributed by atoms with Gasteiger partial charge in [0.05, 0.1) is 18.9 Å². The summed E-state index contributed by atoms with van der Waals surface area (Å²) in [6, 6.07) is 7.71. The third-order valence-corrected chi connectivity index (χ3v) is 4.02. The fourth-order valence-corrected chi connectivity index (χ4v) is 2.77. The largest absolute Gasteiger partial charge is 0.375 e. The summed E-state index contributed by atoms with van der Waals surface area (Å²) in [5.41, 5.74) is 3.45. The van der Waals surface area contributed by atoms with Crippen LogP contribution in [0.5, 0.6) is 0 Å². The van der Waals surface area contributed by atoms with Gasteiger partial charge in [-0.2, -0.15) is 0 Å². The van der Waals surface area contributed by atoms with E-state index in [-0.39, 0.29) is 0 Å². The topological polar surface area (TPSA) is 59.1 Å². The third-order valence-electron chi connectivity index (χ3n) is 3.77. The molecule has 0 unspecified atom stereocenters. The van der Waals surface area contributed by atoms with Crippen LogP contribution >= 0.6 is 11.6 Å². The molecule has 1 aliphatic rings. The number of nitrogens with one attached hydrogen (secondary N) is 2. The van der Waals surface area contributed by atoms with Gasteiger partial charge in [0.2, 0.25) is 0 Å². The van der Waals surface area contributed by atoms with Crippen molar-refractivity contribution in [3.8, 4) is 0 Å². The number of nitrogens with zero attached hydrogens (tertiary/aromatic N) is 2. The number of hydrogen-bond acceptors (Lipinski definition) is 5. The minimum absolute atomic E-state index is 0.587. The maximum atomic E-state index is 5.87. The maximum absolute atomic E-state index is 5.87. The second kappa shape index (κ2) is 7.73. The van der Waals surface area contributed by atoms with Gasteiger partial charge in [0.15, 0.2) is 0 Å². The average molecular weight is 333 g/mol. The zero-order valence-corrected chi connectivity index (χ0v) is 14.0. The molecule has 0 aliphatic carbocycles. The van der Waals surface area contributed by atoms with Crippen LogP contribution in [0.25, 0.3) is 0 Å². The van der Waals surface area contributed by atoms with Gasteiger partial charge in [-0.1, -0.05) is 23.7 Å². The first-order valence-corrected chi connectivity index (χ1v) is 8.23. The first-order valence-electron chi connectivity index (χ1n) is 7.85. The molecule has 0 amide bonds. The molecule has 6 heteroatoms. The number of benzene rings is 1. The van der Waals surface area contributed by atoms with E-state index in [1.807, 2.05) is 31.2 Å². The van der Waals surface area contributed by atoms with E-state index >= 15 is 0 Å². The summed E-state index contributed by atoms with van der Waals surface area (Å²) in [7, 11) is 0. The molecule has 2 aromatic rings.